The number of ether oxygens (including phenoxy) is 2. The molecule has 0 spiro atoms. The Balaban J connectivity index is 1.70. The molecule has 0 saturated carbocycles. The molecule has 1 heterocycles. The van der Waals surface area contributed by atoms with E-state index >= 15 is 0 Å². The van der Waals surface area contributed by atoms with Gasteiger partial charge in [-0.05, 0) is 37.3 Å². The first-order chi connectivity index (χ1) is 15.4. The van der Waals surface area contributed by atoms with Crippen molar-refractivity contribution in [2.75, 3.05) is 18.2 Å². The van der Waals surface area contributed by atoms with Gasteiger partial charge < -0.3 is 14.8 Å². The first-order valence-electron chi connectivity index (χ1n) is 9.64. The number of anilines is 1. The highest BCUT2D eigenvalue weighted by atomic mass is 35.5. The van der Waals surface area contributed by atoms with Crippen LogP contribution in [-0.2, 0) is 11.3 Å². The van der Waals surface area contributed by atoms with Crippen molar-refractivity contribution < 1.29 is 14.3 Å². The Morgan fingerprint density at radius 3 is 2.72 bits per heavy atom. The summed E-state index contributed by atoms with van der Waals surface area (Å²) in [5, 5.41) is 12.7. The molecule has 3 aromatic rings. The Hall–Kier alpha value is -2.68. The van der Waals surface area contributed by atoms with Crippen LogP contribution in [0.25, 0.3) is 0 Å². The number of halogens is 2. The number of nitrogens with zero attached hydrogens (tertiary/aromatic N) is 3. The van der Waals surface area contributed by atoms with Crippen LogP contribution >= 0.6 is 35.0 Å². The van der Waals surface area contributed by atoms with Crippen LogP contribution in [-0.4, -0.2) is 33.5 Å². The lowest BCUT2D eigenvalue weighted by Gasteiger charge is -2.17. The smallest absolute Gasteiger partial charge is 0.234 e. The van der Waals surface area contributed by atoms with Gasteiger partial charge in [-0.3, -0.25) is 9.36 Å². The standard InChI is InChI=1S/C22H22Cl2N4O3S/c1-4-11-28-21(14(2)31-19-8-6-5-7-18(19)30-3)26-27-22(28)32-13-20(29)25-17-12-15(23)9-10-16(17)24/h4-10,12,14H,1,11,13H2,2-3H3,(H,25,29). The number of para-hydroxylation sites is 2. The maximum Gasteiger partial charge on any atom is 0.234 e. The Bertz CT molecular complexity index is 1110. The van der Waals surface area contributed by atoms with E-state index in [9.17, 15) is 4.79 Å². The molecular formula is C22H22Cl2N4O3S. The van der Waals surface area contributed by atoms with Crippen LogP contribution in [0.4, 0.5) is 5.69 Å². The minimum absolute atomic E-state index is 0.111. The van der Waals surface area contributed by atoms with Gasteiger partial charge in [-0.15, -0.1) is 16.8 Å². The van der Waals surface area contributed by atoms with Gasteiger partial charge in [0, 0.05) is 11.6 Å². The van der Waals surface area contributed by atoms with Crippen molar-refractivity contribution in [1.29, 1.82) is 0 Å². The molecule has 32 heavy (non-hydrogen) atoms. The van der Waals surface area contributed by atoms with Crippen LogP contribution in [0.2, 0.25) is 10.0 Å². The molecular weight excluding hydrogens is 471 g/mol. The van der Waals surface area contributed by atoms with E-state index in [1.165, 1.54) is 11.8 Å². The maximum atomic E-state index is 12.4. The average molecular weight is 493 g/mol. The SMILES string of the molecule is C=CCn1c(SCC(=O)Nc2cc(Cl)ccc2Cl)nnc1C(C)Oc1ccccc1OC. The molecule has 1 unspecified atom stereocenters. The Morgan fingerprint density at radius 1 is 1.25 bits per heavy atom. The van der Waals surface area contributed by atoms with E-state index in [0.29, 0.717) is 44.8 Å². The van der Waals surface area contributed by atoms with Gasteiger partial charge in [0.15, 0.2) is 28.6 Å². The zero-order valence-electron chi connectivity index (χ0n) is 17.5. The molecule has 0 aliphatic heterocycles. The summed E-state index contributed by atoms with van der Waals surface area (Å²) in [6.45, 7) is 6.14. The fourth-order valence-corrected chi connectivity index (χ4v) is 3.97. The number of carbonyl (C=O) groups is 1. The molecule has 0 saturated heterocycles. The first-order valence-corrected chi connectivity index (χ1v) is 11.4. The number of benzene rings is 2. The molecule has 10 heteroatoms. The van der Waals surface area contributed by atoms with Crippen molar-refractivity contribution in [2.24, 2.45) is 0 Å². The van der Waals surface area contributed by atoms with Crippen molar-refractivity contribution >= 4 is 46.6 Å². The molecule has 0 bridgehead atoms. The monoisotopic (exact) mass is 492 g/mol. The number of hydrogen-bond donors (Lipinski definition) is 1. The van der Waals surface area contributed by atoms with E-state index in [-0.39, 0.29) is 11.7 Å². The third kappa shape index (κ3) is 5.97. The maximum absolute atomic E-state index is 12.4. The molecule has 0 aliphatic rings. The van der Waals surface area contributed by atoms with Gasteiger partial charge in [-0.2, -0.15) is 0 Å². The van der Waals surface area contributed by atoms with Gasteiger partial charge in [-0.25, -0.2) is 0 Å². The largest absolute Gasteiger partial charge is 0.493 e. The third-order valence-electron chi connectivity index (χ3n) is 4.33. The van der Waals surface area contributed by atoms with Gasteiger partial charge in [0.25, 0.3) is 0 Å². The predicted molar refractivity (Wildman–Crippen MR) is 128 cm³/mol. The lowest BCUT2D eigenvalue weighted by molar-refractivity contribution is -0.113. The van der Waals surface area contributed by atoms with Crippen LogP contribution in [0, 0.1) is 0 Å². The summed E-state index contributed by atoms with van der Waals surface area (Å²) in [5.41, 5.74) is 0.455. The lowest BCUT2D eigenvalue weighted by Crippen LogP contribution is -2.16. The van der Waals surface area contributed by atoms with Crippen molar-refractivity contribution in [3.8, 4) is 11.5 Å². The van der Waals surface area contributed by atoms with E-state index in [1.54, 1.807) is 31.4 Å². The van der Waals surface area contributed by atoms with Crippen molar-refractivity contribution in [3.63, 3.8) is 0 Å². The van der Waals surface area contributed by atoms with E-state index in [1.807, 2.05) is 35.8 Å². The van der Waals surface area contributed by atoms with Gasteiger partial charge >= 0.3 is 0 Å². The van der Waals surface area contributed by atoms with Gasteiger partial charge in [0.1, 0.15) is 0 Å². The number of aromatic nitrogens is 3. The zero-order valence-corrected chi connectivity index (χ0v) is 19.9. The average Bonchev–Trinajstić information content (AvgIpc) is 3.18. The van der Waals surface area contributed by atoms with Crippen molar-refractivity contribution in [2.45, 2.75) is 24.7 Å². The topological polar surface area (TPSA) is 78.3 Å². The summed E-state index contributed by atoms with van der Waals surface area (Å²) in [6.07, 6.45) is 1.32. The van der Waals surface area contributed by atoms with Crippen LogP contribution in [0.1, 0.15) is 18.9 Å². The fourth-order valence-electron chi connectivity index (χ4n) is 2.88. The Labute approximate surface area is 200 Å². The molecule has 1 amide bonds. The quantitative estimate of drug-likeness (QED) is 0.291. The minimum Gasteiger partial charge on any atom is -0.493 e. The van der Waals surface area contributed by atoms with Crippen LogP contribution in [0.5, 0.6) is 11.5 Å². The Kier molecular flexibility index (Phi) is 8.44. The number of nitrogens with one attached hydrogen (secondary N) is 1. The normalized spacial score (nSPS) is 11.6. The van der Waals surface area contributed by atoms with Gasteiger partial charge in [0.2, 0.25) is 5.91 Å². The molecule has 2 aromatic carbocycles. The zero-order chi connectivity index (χ0) is 23.1. The number of rotatable bonds is 10. The molecule has 1 aromatic heterocycles. The highest BCUT2D eigenvalue weighted by Gasteiger charge is 2.21. The summed E-state index contributed by atoms with van der Waals surface area (Å²) < 4.78 is 13.3. The number of methoxy groups -OCH3 is 1. The second-order valence-corrected chi connectivity index (χ2v) is 8.40. The van der Waals surface area contributed by atoms with Crippen LogP contribution < -0.4 is 14.8 Å². The molecule has 3 rings (SSSR count). The molecule has 1 N–H and O–H groups in total. The van der Waals surface area contributed by atoms with Gasteiger partial charge in [0.05, 0.1) is 23.6 Å². The molecule has 0 fully saturated rings. The predicted octanol–water partition coefficient (Wildman–Crippen LogP) is 5.65. The van der Waals surface area contributed by atoms with Gasteiger partial charge in [-0.1, -0.05) is 53.2 Å². The minimum atomic E-state index is -0.410. The molecule has 168 valence electrons. The van der Waals surface area contributed by atoms with Crippen molar-refractivity contribution in [3.05, 3.63) is 71.0 Å². The second-order valence-electron chi connectivity index (χ2n) is 6.61. The number of amides is 1. The summed E-state index contributed by atoms with van der Waals surface area (Å²) in [6, 6.07) is 12.3. The van der Waals surface area contributed by atoms with E-state index in [0.717, 1.165) is 0 Å². The fraction of sp³-hybridized carbons (Fsp3) is 0.227. The number of carbonyl (C=O) groups excluding carboxylic acids is 1. The highest BCUT2D eigenvalue weighted by molar-refractivity contribution is 7.99. The van der Waals surface area contributed by atoms with Crippen molar-refractivity contribution in [1.82, 2.24) is 14.8 Å². The molecule has 1 atom stereocenters. The molecule has 7 nitrogen and oxygen atoms in total. The summed E-state index contributed by atoms with van der Waals surface area (Å²) >= 11 is 13.3. The van der Waals surface area contributed by atoms with E-state index in [2.05, 4.69) is 22.1 Å². The molecule has 0 radical (unpaired) electrons. The van der Waals surface area contributed by atoms with E-state index in [4.69, 9.17) is 32.7 Å². The summed E-state index contributed by atoms with van der Waals surface area (Å²) in [7, 11) is 1.59. The third-order valence-corrected chi connectivity index (χ3v) is 5.86. The number of hydrogen-bond acceptors (Lipinski definition) is 6. The first kappa shape index (κ1) is 24.0. The number of allylic oxidation sites excluding steroid dienone is 1. The van der Waals surface area contributed by atoms with Crippen LogP contribution in [0.15, 0.2) is 60.3 Å². The number of thioether (sulfide) groups is 1. The van der Waals surface area contributed by atoms with E-state index < -0.39 is 6.10 Å². The van der Waals surface area contributed by atoms with Crippen LogP contribution in [0.3, 0.4) is 0 Å². The summed E-state index contributed by atoms with van der Waals surface area (Å²) in [4.78, 5) is 12.4. The summed E-state index contributed by atoms with van der Waals surface area (Å²) in [5.74, 6) is 1.70. The second kappa shape index (κ2) is 11.3. The molecule has 0 aliphatic carbocycles. The lowest BCUT2D eigenvalue weighted by atomic mass is 10.3. The highest BCUT2D eigenvalue weighted by Crippen LogP contribution is 2.31. The Morgan fingerprint density at radius 2 is 2.00 bits per heavy atom.